The monoisotopic (exact) mass is 421 g/mol. The number of hydrogen-bond donors (Lipinski definition) is 2. The fraction of sp³-hybridized carbons (Fsp3) is 0.250. The number of oxazole rings is 1. The van der Waals surface area contributed by atoms with E-state index in [2.05, 4.69) is 10.6 Å². The van der Waals surface area contributed by atoms with Gasteiger partial charge in [-0.25, -0.2) is 4.79 Å². The molecule has 0 aliphatic carbocycles. The van der Waals surface area contributed by atoms with Gasteiger partial charge in [0.25, 0.3) is 0 Å². The van der Waals surface area contributed by atoms with Gasteiger partial charge in [0, 0.05) is 25.6 Å². The molecule has 158 valence electrons. The van der Waals surface area contributed by atoms with Crippen LogP contribution in [0.5, 0.6) is 0 Å². The van der Waals surface area contributed by atoms with Crippen molar-refractivity contribution in [1.82, 2.24) is 4.57 Å². The number of amides is 2. The normalized spacial score (nSPS) is 11.5. The van der Waals surface area contributed by atoms with E-state index in [1.807, 2.05) is 0 Å². The van der Waals surface area contributed by atoms with Crippen LogP contribution in [0, 0.1) is 0 Å². The van der Waals surface area contributed by atoms with Crippen LogP contribution in [-0.4, -0.2) is 16.4 Å². The summed E-state index contributed by atoms with van der Waals surface area (Å²) in [4.78, 5) is 35.1. The van der Waals surface area contributed by atoms with Crippen molar-refractivity contribution >= 4 is 34.3 Å². The standard InChI is InChI=1S/C20H18F3N3O4/c1-12(27)24-13-8-9-15(14(11-13)20(21,22)23)25-18(28)7-4-10-26-16-5-2-3-6-17(16)30-19(26)29/h2-3,5-6,8-9,11H,4,7,10H2,1H3,(H,24,27)(H,25,28). The van der Waals surface area contributed by atoms with Gasteiger partial charge < -0.3 is 15.1 Å². The van der Waals surface area contributed by atoms with E-state index in [-0.39, 0.29) is 25.1 Å². The van der Waals surface area contributed by atoms with Gasteiger partial charge in [-0.3, -0.25) is 14.2 Å². The Morgan fingerprint density at radius 2 is 1.83 bits per heavy atom. The van der Waals surface area contributed by atoms with Crippen LogP contribution in [0.15, 0.2) is 51.7 Å². The van der Waals surface area contributed by atoms with Crippen LogP contribution in [0.4, 0.5) is 24.5 Å². The average Bonchev–Trinajstić information content (AvgIpc) is 2.97. The average molecular weight is 421 g/mol. The van der Waals surface area contributed by atoms with Gasteiger partial charge in [-0.05, 0) is 36.8 Å². The summed E-state index contributed by atoms with van der Waals surface area (Å²) in [5.41, 5.74) is -0.512. The van der Waals surface area contributed by atoms with E-state index in [0.717, 1.165) is 12.1 Å². The van der Waals surface area contributed by atoms with Crippen LogP contribution < -0.4 is 16.4 Å². The molecule has 3 aromatic rings. The van der Waals surface area contributed by atoms with E-state index < -0.39 is 35.0 Å². The highest BCUT2D eigenvalue weighted by Crippen LogP contribution is 2.36. The lowest BCUT2D eigenvalue weighted by molar-refractivity contribution is -0.137. The number of alkyl halides is 3. The smallest absolute Gasteiger partial charge is 0.408 e. The lowest BCUT2D eigenvalue weighted by atomic mass is 10.1. The third-order valence-electron chi connectivity index (χ3n) is 4.28. The maximum Gasteiger partial charge on any atom is 0.419 e. The van der Waals surface area contributed by atoms with E-state index in [4.69, 9.17) is 4.42 Å². The number of aryl methyl sites for hydroxylation is 1. The van der Waals surface area contributed by atoms with Gasteiger partial charge in [-0.1, -0.05) is 12.1 Å². The van der Waals surface area contributed by atoms with Gasteiger partial charge in [-0.15, -0.1) is 0 Å². The third-order valence-corrected chi connectivity index (χ3v) is 4.28. The molecule has 2 amide bonds. The molecule has 0 radical (unpaired) electrons. The fourth-order valence-electron chi connectivity index (χ4n) is 3.00. The zero-order valence-corrected chi connectivity index (χ0v) is 15.9. The summed E-state index contributed by atoms with van der Waals surface area (Å²) in [7, 11) is 0. The Morgan fingerprint density at radius 3 is 2.53 bits per heavy atom. The summed E-state index contributed by atoms with van der Waals surface area (Å²) >= 11 is 0. The van der Waals surface area contributed by atoms with Crippen molar-refractivity contribution in [2.45, 2.75) is 32.5 Å². The SMILES string of the molecule is CC(=O)Nc1ccc(NC(=O)CCCn2c(=O)oc3ccccc32)c(C(F)(F)F)c1. The summed E-state index contributed by atoms with van der Waals surface area (Å²) < 4.78 is 46.5. The predicted molar refractivity (Wildman–Crippen MR) is 104 cm³/mol. The number of hydrogen-bond acceptors (Lipinski definition) is 4. The first-order valence-electron chi connectivity index (χ1n) is 9.02. The molecule has 0 saturated carbocycles. The number of anilines is 2. The third kappa shape index (κ3) is 4.88. The van der Waals surface area contributed by atoms with Crippen molar-refractivity contribution in [2.24, 2.45) is 0 Å². The van der Waals surface area contributed by atoms with Gasteiger partial charge in [-0.2, -0.15) is 13.2 Å². The Morgan fingerprint density at radius 1 is 1.10 bits per heavy atom. The highest BCUT2D eigenvalue weighted by Gasteiger charge is 2.34. The number of rotatable bonds is 6. The molecule has 1 heterocycles. The van der Waals surface area contributed by atoms with Crippen molar-refractivity contribution in [3.8, 4) is 0 Å². The Kier molecular flexibility index (Phi) is 5.95. The number of para-hydroxylation sites is 2. The molecule has 0 saturated heterocycles. The van der Waals surface area contributed by atoms with Crippen molar-refractivity contribution in [2.75, 3.05) is 10.6 Å². The van der Waals surface area contributed by atoms with Crippen molar-refractivity contribution < 1.29 is 27.2 Å². The molecular weight excluding hydrogens is 403 g/mol. The number of benzene rings is 2. The second-order valence-corrected chi connectivity index (χ2v) is 6.58. The molecule has 0 fully saturated rings. The second kappa shape index (κ2) is 8.44. The summed E-state index contributed by atoms with van der Waals surface area (Å²) in [5.74, 6) is -1.71. The topological polar surface area (TPSA) is 93.3 Å². The Labute approximate surface area is 168 Å². The highest BCUT2D eigenvalue weighted by molar-refractivity contribution is 5.93. The molecule has 10 heteroatoms. The van der Waals surface area contributed by atoms with Crippen molar-refractivity contribution in [1.29, 1.82) is 0 Å². The molecule has 2 N–H and O–H groups in total. The van der Waals surface area contributed by atoms with Crippen LogP contribution >= 0.6 is 0 Å². The maximum absolute atomic E-state index is 13.3. The molecular formula is C20H18F3N3O4. The van der Waals surface area contributed by atoms with Crippen molar-refractivity contribution in [3.05, 3.63) is 58.6 Å². The molecule has 0 unspecified atom stereocenters. The van der Waals surface area contributed by atoms with E-state index in [1.54, 1.807) is 24.3 Å². The summed E-state index contributed by atoms with van der Waals surface area (Å²) in [6.45, 7) is 1.36. The number of halogens is 3. The number of nitrogens with zero attached hydrogens (tertiary/aromatic N) is 1. The zero-order valence-electron chi connectivity index (χ0n) is 15.9. The number of fused-ring (bicyclic) bond motifs is 1. The minimum atomic E-state index is -4.72. The molecule has 0 spiro atoms. The zero-order chi connectivity index (χ0) is 21.9. The minimum absolute atomic E-state index is 0.0287. The van der Waals surface area contributed by atoms with Crippen LogP contribution in [-0.2, 0) is 22.3 Å². The van der Waals surface area contributed by atoms with Gasteiger partial charge >= 0.3 is 11.9 Å². The molecule has 30 heavy (non-hydrogen) atoms. The lowest BCUT2D eigenvalue weighted by Gasteiger charge is -2.15. The van der Waals surface area contributed by atoms with Gasteiger partial charge in [0.1, 0.15) is 0 Å². The quantitative estimate of drug-likeness (QED) is 0.629. The molecule has 3 rings (SSSR count). The first-order valence-corrected chi connectivity index (χ1v) is 9.02. The molecule has 2 aromatic carbocycles. The van der Waals surface area contributed by atoms with Gasteiger partial charge in [0.05, 0.1) is 16.8 Å². The Hall–Kier alpha value is -3.56. The molecule has 0 bridgehead atoms. The first-order chi connectivity index (χ1) is 14.1. The van der Waals surface area contributed by atoms with Crippen molar-refractivity contribution in [3.63, 3.8) is 0 Å². The number of aromatic nitrogens is 1. The highest BCUT2D eigenvalue weighted by atomic mass is 19.4. The van der Waals surface area contributed by atoms with E-state index >= 15 is 0 Å². The molecule has 1 aromatic heterocycles. The first kappa shape index (κ1) is 21.2. The maximum atomic E-state index is 13.3. The lowest BCUT2D eigenvalue weighted by Crippen LogP contribution is -2.19. The largest absolute Gasteiger partial charge is 0.419 e. The summed E-state index contributed by atoms with van der Waals surface area (Å²) in [6, 6.07) is 9.91. The Bertz CT molecular complexity index is 1150. The Balaban J connectivity index is 1.67. The predicted octanol–water partition coefficient (Wildman–Crippen LogP) is 3.99. The van der Waals surface area contributed by atoms with E-state index in [1.165, 1.54) is 17.6 Å². The van der Waals surface area contributed by atoms with Gasteiger partial charge in [0.15, 0.2) is 5.58 Å². The van der Waals surface area contributed by atoms with Crippen LogP contribution in [0.1, 0.15) is 25.3 Å². The number of nitrogens with one attached hydrogen (secondary N) is 2. The summed E-state index contributed by atoms with van der Waals surface area (Å²) in [6.07, 6.45) is -4.60. The molecule has 0 atom stereocenters. The van der Waals surface area contributed by atoms with E-state index in [0.29, 0.717) is 11.1 Å². The minimum Gasteiger partial charge on any atom is -0.408 e. The fourth-order valence-corrected chi connectivity index (χ4v) is 3.00. The summed E-state index contributed by atoms with van der Waals surface area (Å²) in [5, 5.41) is 4.52. The van der Waals surface area contributed by atoms with E-state index in [9.17, 15) is 27.6 Å². The molecule has 7 nitrogen and oxygen atoms in total. The number of carbonyl (C=O) groups is 2. The van der Waals surface area contributed by atoms with Gasteiger partial charge in [0.2, 0.25) is 11.8 Å². The second-order valence-electron chi connectivity index (χ2n) is 6.58. The van der Waals surface area contributed by atoms with Crippen LogP contribution in [0.25, 0.3) is 11.1 Å². The number of carbonyl (C=O) groups excluding carboxylic acids is 2. The van der Waals surface area contributed by atoms with Crippen LogP contribution in [0.3, 0.4) is 0 Å². The van der Waals surface area contributed by atoms with Crippen LogP contribution in [0.2, 0.25) is 0 Å². The molecule has 0 aliphatic heterocycles. The molecule has 0 aliphatic rings.